The number of aromatic hydroxyl groups is 1. The highest BCUT2D eigenvalue weighted by Gasteiger charge is 2.30. The molecule has 1 atom stereocenters. The summed E-state index contributed by atoms with van der Waals surface area (Å²) >= 11 is 0. The van der Waals surface area contributed by atoms with Crippen LogP contribution in [0.2, 0.25) is 0 Å². The molecular formula is C23H41NO. The molecule has 0 amide bonds. The fourth-order valence-corrected chi connectivity index (χ4v) is 3.72. The zero-order valence-corrected chi connectivity index (χ0v) is 17.7. The average Bonchev–Trinajstić information content (AvgIpc) is 2.51. The van der Waals surface area contributed by atoms with Crippen LogP contribution in [-0.2, 0) is 17.3 Å². The van der Waals surface area contributed by atoms with Crippen LogP contribution in [0.25, 0.3) is 0 Å². The van der Waals surface area contributed by atoms with Gasteiger partial charge in [-0.15, -0.1) is 0 Å². The molecule has 2 heteroatoms. The van der Waals surface area contributed by atoms with E-state index < -0.39 is 0 Å². The molecule has 144 valence electrons. The summed E-state index contributed by atoms with van der Waals surface area (Å²) in [6.07, 6.45) is 7.75. The Hall–Kier alpha value is -1.02. The minimum Gasteiger partial charge on any atom is -0.507 e. The Morgan fingerprint density at radius 1 is 0.920 bits per heavy atom. The van der Waals surface area contributed by atoms with Crippen molar-refractivity contribution in [3.05, 3.63) is 28.8 Å². The molecule has 3 N–H and O–H groups in total. The molecule has 0 heterocycles. The van der Waals surface area contributed by atoms with Crippen LogP contribution in [0.15, 0.2) is 12.1 Å². The monoisotopic (exact) mass is 347 g/mol. The van der Waals surface area contributed by atoms with Crippen LogP contribution in [0, 0.1) is 0 Å². The van der Waals surface area contributed by atoms with Crippen molar-refractivity contribution in [2.75, 3.05) is 0 Å². The number of nitrogens with two attached hydrogens (primary N) is 1. The first kappa shape index (κ1) is 22.0. The second-order valence-corrected chi connectivity index (χ2v) is 9.20. The number of rotatable bonds is 10. The van der Waals surface area contributed by atoms with Crippen molar-refractivity contribution < 1.29 is 5.11 Å². The lowest BCUT2D eigenvalue weighted by Gasteiger charge is -2.33. The molecule has 1 rings (SSSR count). The fraction of sp³-hybridized carbons (Fsp3) is 0.739. The molecule has 0 aromatic heterocycles. The van der Waals surface area contributed by atoms with Gasteiger partial charge in [-0.3, -0.25) is 0 Å². The molecule has 0 aliphatic heterocycles. The van der Waals surface area contributed by atoms with Gasteiger partial charge in [0.2, 0.25) is 0 Å². The predicted molar refractivity (Wildman–Crippen MR) is 111 cm³/mol. The van der Waals surface area contributed by atoms with Crippen LogP contribution in [0.3, 0.4) is 0 Å². The van der Waals surface area contributed by atoms with Crippen LogP contribution in [0.5, 0.6) is 5.75 Å². The summed E-state index contributed by atoms with van der Waals surface area (Å²) < 4.78 is 0. The summed E-state index contributed by atoms with van der Waals surface area (Å²) in [5, 5.41) is 11.2. The quantitative estimate of drug-likeness (QED) is 0.528. The van der Waals surface area contributed by atoms with Crippen LogP contribution < -0.4 is 5.73 Å². The van der Waals surface area contributed by atoms with Gasteiger partial charge in [-0.2, -0.15) is 0 Å². The van der Waals surface area contributed by atoms with Crippen molar-refractivity contribution in [2.45, 2.75) is 110 Å². The van der Waals surface area contributed by atoms with Gasteiger partial charge < -0.3 is 10.8 Å². The first-order valence-electron chi connectivity index (χ1n) is 10.2. The molecule has 0 fully saturated rings. The molecule has 0 aliphatic rings. The molecule has 0 saturated heterocycles. The van der Waals surface area contributed by atoms with Gasteiger partial charge in [0.05, 0.1) is 0 Å². The molecule has 0 saturated carbocycles. The van der Waals surface area contributed by atoms with E-state index in [1.54, 1.807) is 0 Å². The average molecular weight is 348 g/mol. The Morgan fingerprint density at radius 3 is 1.64 bits per heavy atom. The molecule has 2 nitrogen and oxygen atoms in total. The maximum Gasteiger partial charge on any atom is 0.123 e. The first-order chi connectivity index (χ1) is 11.5. The SMILES string of the molecule is CCCCC(C)(C)c1cc(CC(C)N)cc(C(C)(C)CCCC)c1O. The number of hydrogen-bond donors (Lipinski definition) is 2. The molecule has 0 radical (unpaired) electrons. The van der Waals surface area contributed by atoms with E-state index in [9.17, 15) is 5.11 Å². The number of hydrogen-bond acceptors (Lipinski definition) is 2. The minimum absolute atomic E-state index is 0.0243. The summed E-state index contributed by atoms with van der Waals surface area (Å²) in [6, 6.07) is 4.53. The molecule has 1 aromatic carbocycles. The van der Waals surface area contributed by atoms with E-state index in [1.807, 2.05) is 0 Å². The van der Waals surface area contributed by atoms with E-state index in [2.05, 4.69) is 60.6 Å². The normalized spacial score (nSPS) is 13.9. The van der Waals surface area contributed by atoms with E-state index in [4.69, 9.17) is 5.73 Å². The molecule has 0 aliphatic carbocycles. The van der Waals surface area contributed by atoms with Crippen molar-refractivity contribution in [1.82, 2.24) is 0 Å². The Kier molecular flexibility index (Phi) is 7.99. The highest BCUT2D eigenvalue weighted by molar-refractivity contribution is 5.50. The first-order valence-corrected chi connectivity index (χ1v) is 10.2. The molecular weight excluding hydrogens is 306 g/mol. The van der Waals surface area contributed by atoms with Gasteiger partial charge in [0.1, 0.15) is 5.75 Å². The van der Waals surface area contributed by atoms with Crippen molar-refractivity contribution >= 4 is 0 Å². The largest absolute Gasteiger partial charge is 0.507 e. The fourth-order valence-electron chi connectivity index (χ4n) is 3.72. The summed E-state index contributed by atoms with van der Waals surface area (Å²) in [5.41, 5.74) is 9.48. The smallest absolute Gasteiger partial charge is 0.123 e. The highest BCUT2D eigenvalue weighted by Crippen LogP contribution is 2.43. The molecule has 1 aromatic rings. The lowest BCUT2D eigenvalue weighted by Crippen LogP contribution is -2.24. The second-order valence-electron chi connectivity index (χ2n) is 9.20. The van der Waals surface area contributed by atoms with Crippen LogP contribution in [0.1, 0.15) is 104 Å². The third kappa shape index (κ3) is 6.02. The van der Waals surface area contributed by atoms with Crippen molar-refractivity contribution in [3.63, 3.8) is 0 Å². The topological polar surface area (TPSA) is 46.2 Å². The Bertz CT molecular complexity index is 502. The van der Waals surface area contributed by atoms with Crippen LogP contribution >= 0.6 is 0 Å². The summed E-state index contributed by atoms with van der Waals surface area (Å²) in [6.45, 7) is 15.5. The predicted octanol–water partition coefficient (Wildman–Crippen LogP) is 6.22. The van der Waals surface area contributed by atoms with Gasteiger partial charge in [-0.1, -0.05) is 79.4 Å². The minimum atomic E-state index is -0.0243. The van der Waals surface area contributed by atoms with Gasteiger partial charge in [0.15, 0.2) is 0 Å². The number of unbranched alkanes of at least 4 members (excludes halogenated alkanes) is 2. The van der Waals surface area contributed by atoms with Crippen LogP contribution in [0.4, 0.5) is 0 Å². The summed E-state index contributed by atoms with van der Waals surface area (Å²) in [5.74, 6) is 0.510. The van der Waals surface area contributed by atoms with Gasteiger partial charge in [0, 0.05) is 17.2 Å². The van der Waals surface area contributed by atoms with Gasteiger partial charge in [-0.05, 0) is 42.6 Å². The highest BCUT2D eigenvalue weighted by atomic mass is 16.3. The third-order valence-corrected chi connectivity index (χ3v) is 5.50. The zero-order chi connectivity index (χ0) is 19.3. The van der Waals surface area contributed by atoms with Gasteiger partial charge >= 0.3 is 0 Å². The number of benzene rings is 1. The maximum absolute atomic E-state index is 11.2. The summed E-state index contributed by atoms with van der Waals surface area (Å²) in [4.78, 5) is 0. The standard InChI is InChI=1S/C23H41NO/c1-8-10-12-22(4,5)19-15-18(14-17(3)24)16-20(21(19)25)23(6,7)13-11-9-2/h15-17,25H,8-14,24H2,1-7H3. The van der Waals surface area contributed by atoms with Crippen molar-refractivity contribution in [2.24, 2.45) is 5.73 Å². The summed E-state index contributed by atoms with van der Waals surface area (Å²) in [7, 11) is 0. The van der Waals surface area contributed by atoms with Gasteiger partial charge in [-0.25, -0.2) is 0 Å². The van der Waals surface area contributed by atoms with E-state index >= 15 is 0 Å². The zero-order valence-electron chi connectivity index (χ0n) is 17.7. The maximum atomic E-state index is 11.2. The van der Waals surface area contributed by atoms with E-state index in [0.29, 0.717) is 5.75 Å². The van der Waals surface area contributed by atoms with Crippen molar-refractivity contribution in [1.29, 1.82) is 0 Å². The van der Waals surface area contributed by atoms with Crippen LogP contribution in [-0.4, -0.2) is 11.1 Å². The Balaban J connectivity index is 3.43. The Labute approximate surface area is 156 Å². The molecule has 25 heavy (non-hydrogen) atoms. The van der Waals surface area contributed by atoms with E-state index in [0.717, 1.165) is 30.4 Å². The second kappa shape index (κ2) is 9.07. The van der Waals surface area contributed by atoms with Gasteiger partial charge in [0.25, 0.3) is 0 Å². The van der Waals surface area contributed by atoms with E-state index in [-0.39, 0.29) is 16.9 Å². The lowest BCUT2D eigenvalue weighted by molar-refractivity contribution is 0.382. The number of phenolic OH excluding ortho intramolecular Hbond substituents is 1. The third-order valence-electron chi connectivity index (χ3n) is 5.50. The molecule has 0 bridgehead atoms. The lowest BCUT2D eigenvalue weighted by atomic mass is 9.73. The number of phenols is 1. The molecule has 0 spiro atoms. The Morgan fingerprint density at radius 2 is 1.32 bits per heavy atom. The van der Waals surface area contributed by atoms with E-state index in [1.165, 1.54) is 31.2 Å². The molecule has 1 unspecified atom stereocenters. The van der Waals surface area contributed by atoms with Crippen molar-refractivity contribution in [3.8, 4) is 5.75 Å².